The van der Waals surface area contributed by atoms with Gasteiger partial charge >= 0.3 is 5.97 Å². The summed E-state index contributed by atoms with van der Waals surface area (Å²) in [5, 5.41) is 0. The molecule has 1 aromatic rings. The molecule has 0 saturated heterocycles. The lowest BCUT2D eigenvalue weighted by Gasteiger charge is -2.21. The number of rotatable bonds is 2. The van der Waals surface area contributed by atoms with Gasteiger partial charge in [-0.05, 0) is 5.56 Å². The molecular weight excluding hydrogens is 178 g/mol. The second kappa shape index (κ2) is 3.96. The third-order valence-electron chi connectivity index (χ3n) is 2.03. The number of ether oxygens (including phenoxy) is 1. The standard InChI is InChI=1S/C11H11NO2/c13-11-9-12(6-7-14-11)8-10-4-2-1-3-5-10/h1-7H,8-9H2. The van der Waals surface area contributed by atoms with E-state index in [0.717, 1.165) is 6.54 Å². The second-order valence-corrected chi connectivity index (χ2v) is 3.17. The van der Waals surface area contributed by atoms with Gasteiger partial charge in [0.1, 0.15) is 12.8 Å². The molecule has 72 valence electrons. The summed E-state index contributed by atoms with van der Waals surface area (Å²) in [6.07, 6.45) is 3.21. The third kappa shape index (κ3) is 2.13. The number of carbonyl (C=O) groups is 1. The molecule has 14 heavy (non-hydrogen) atoms. The minimum atomic E-state index is -0.205. The number of hydrogen-bond acceptors (Lipinski definition) is 3. The van der Waals surface area contributed by atoms with Crippen LogP contribution in [-0.2, 0) is 16.1 Å². The van der Waals surface area contributed by atoms with Crippen LogP contribution < -0.4 is 0 Å². The molecule has 0 unspecified atom stereocenters. The van der Waals surface area contributed by atoms with Crippen molar-refractivity contribution in [1.29, 1.82) is 0 Å². The lowest BCUT2D eigenvalue weighted by atomic mass is 10.2. The Morgan fingerprint density at radius 2 is 2.07 bits per heavy atom. The summed E-state index contributed by atoms with van der Waals surface area (Å²) in [5.74, 6) is -0.205. The van der Waals surface area contributed by atoms with E-state index in [4.69, 9.17) is 0 Å². The van der Waals surface area contributed by atoms with Crippen molar-refractivity contribution in [3.05, 3.63) is 48.4 Å². The van der Waals surface area contributed by atoms with E-state index in [1.807, 2.05) is 35.2 Å². The van der Waals surface area contributed by atoms with Gasteiger partial charge in [-0.3, -0.25) is 0 Å². The highest BCUT2D eigenvalue weighted by molar-refractivity contribution is 5.73. The van der Waals surface area contributed by atoms with Crippen LogP contribution in [0.3, 0.4) is 0 Å². The molecule has 0 aromatic heterocycles. The van der Waals surface area contributed by atoms with Crippen molar-refractivity contribution >= 4 is 5.97 Å². The van der Waals surface area contributed by atoms with Crippen molar-refractivity contribution in [2.24, 2.45) is 0 Å². The highest BCUT2D eigenvalue weighted by atomic mass is 16.5. The highest BCUT2D eigenvalue weighted by Crippen LogP contribution is 2.07. The summed E-state index contributed by atoms with van der Waals surface area (Å²) < 4.78 is 4.68. The molecule has 0 radical (unpaired) electrons. The monoisotopic (exact) mass is 189 g/mol. The van der Waals surface area contributed by atoms with E-state index in [-0.39, 0.29) is 5.97 Å². The highest BCUT2D eigenvalue weighted by Gasteiger charge is 2.12. The van der Waals surface area contributed by atoms with E-state index in [1.54, 1.807) is 6.20 Å². The zero-order valence-electron chi connectivity index (χ0n) is 7.72. The first-order valence-electron chi connectivity index (χ1n) is 4.49. The Labute approximate surface area is 82.6 Å². The number of esters is 1. The van der Waals surface area contributed by atoms with E-state index >= 15 is 0 Å². The fourth-order valence-corrected chi connectivity index (χ4v) is 1.37. The smallest absolute Gasteiger partial charge is 0.330 e. The predicted molar refractivity (Wildman–Crippen MR) is 52.1 cm³/mol. The molecule has 0 bridgehead atoms. The Hall–Kier alpha value is -1.77. The van der Waals surface area contributed by atoms with E-state index in [9.17, 15) is 4.79 Å². The molecule has 0 aliphatic carbocycles. The van der Waals surface area contributed by atoms with Crippen molar-refractivity contribution < 1.29 is 9.53 Å². The van der Waals surface area contributed by atoms with E-state index < -0.39 is 0 Å². The van der Waals surface area contributed by atoms with Crippen LogP contribution >= 0.6 is 0 Å². The van der Waals surface area contributed by atoms with Gasteiger partial charge in [0.05, 0.1) is 0 Å². The number of cyclic esters (lactones) is 1. The lowest BCUT2D eigenvalue weighted by molar-refractivity contribution is -0.140. The summed E-state index contributed by atoms with van der Waals surface area (Å²) in [4.78, 5) is 12.9. The summed E-state index contributed by atoms with van der Waals surface area (Å²) in [7, 11) is 0. The molecule has 0 amide bonds. The molecule has 1 aliphatic rings. The SMILES string of the molecule is O=C1CN(Cc2ccccc2)C=CO1. The largest absolute Gasteiger partial charge is 0.432 e. The van der Waals surface area contributed by atoms with Crippen LogP contribution in [0.1, 0.15) is 5.56 Å². The quantitative estimate of drug-likeness (QED) is 0.660. The van der Waals surface area contributed by atoms with Gasteiger partial charge in [0.2, 0.25) is 0 Å². The average molecular weight is 189 g/mol. The number of benzene rings is 1. The van der Waals surface area contributed by atoms with Crippen LogP contribution in [-0.4, -0.2) is 17.4 Å². The molecule has 3 nitrogen and oxygen atoms in total. The Balaban J connectivity index is 2.01. The average Bonchev–Trinajstić information content (AvgIpc) is 2.19. The van der Waals surface area contributed by atoms with Crippen LogP contribution in [0, 0.1) is 0 Å². The van der Waals surface area contributed by atoms with E-state index in [0.29, 0.717) is 6.54 Å². The van der Waals surface area contributed by atoms with Crippen LogP contribution in [0.4, 0.5) is 0 Å². The number of nitrogens with zero attached hydrogens (tertiary/aromatic N) is 1. The summed E-state index contributed by atoms with van der Waals surface area (Å²) in [5.41, 5.74) is 1.19. The first-order valence-corrected chi connectivity index (χ1v) is 4.49. The lowest BCUT2D eigenvalue weighted by Crippen LogP contribution is -2.28. The molecule has 1 aliphatic heterocycles. The van der Waals surface area contributed by atoms with E-state index in [1.165, 1.54) is 11.8 Å². The first-order chi connectivity index (χ1) is 6.84. The van der Waals surface area contributed by atoms with Gasteiger partial charge in [0, 0.05) is 12.7 Å². The maximum Gasteiger partial charge on any atom is 0.330 e. The van der Waals surface area contributed by atoms with Crippen molar-refractivity contribution in [2.45, 2.75) is 6.54 Å². The second-order valence-electron chi connectivity index (χ2n) is 3.17. The van der Waals surface area contributed by atoms with Gasteiger partial charge in [-0.2, -0.15) is 0 Å². The minimum Gasteiger partial charge on any atom is -0.432 e. The zero-order valence-corrected chi connectivity index (χ0v) is 7.72. The van der Waals surface area contributed by atoms with Crippen LogP contribution in [0.25, 0.3) is 0 Å². The summed E-state index contributed by atoms with van der Waals surface area (Å²) >= 11 is 0. The zero-order chi connectivity index (χ0) is 9.80. The van der Waals surface area contributed by atoms with Gasteiger partial charge in [0.15, 0.2) is 0 Å². The molecule has 0 fully saturated rings. The maximum atomic E-state index is 10.9. The van der Waals surface area contributed by atoms with Gasteiger partial charge < -0.3 is 9.64 Å². The Kier molecular flexibility index (Phi) is 2.49. The van der Waals surface area contributed by atoms with Crippen molar-refractivity contribution in [1.82, 2.24) is 4.90 Å². The maximum absolute atomic E-state index is 10.9. The Morgan fingerprint density at radius 3 is 2.79 bits per heavy atom. The van der Waals surface area contributed by atoms with Crippen LogP contribution in [0.15, 0.2) is 42.8 Å². The van der Waals surface area contributed by atoms with E-state index in [2.05, 4.69) is 4.74 Å². The first kappa shape index (κ1) is 8.81. The summed E-state index contributed by atoms with van der Waals surface area (Å²) in [6, 6.07) is 10.0. The molecule has 0 saturated carbocycles. The fraction of sp³-hybridized carbons (Fsp3) is 0.182. The van der Waals surface area contributed by atoms with Gasteiger partial charge in [-0.15, -0.1) is 0 Å². The number of carbonyl (C=O) groups excluding carboxylic acids is 1. The normalized spacial score (nSPS) is 15.4. The minimum absolute atomic E-state index is 0.205. The molecule has 0 spiro atoms. The third-order valence-corrected chi connectivity index (χ3v) is 2.03. The molecule has 0 atom stereocenters. The predicted octanol–water partition coefficient (Wildman–Crippen LogP) is 1.52. The molecular formula is C11H11NO2. The van der Waals surface area contributed by atoms with Gasteiger partial charge in [-0.25, -0.2) is 4.79 Å². The molecule has 1 aromatic carbocycles. The Morgan fingerprint density at radius 1 is 1.29 bits per heavy atom. The van der Waals surface area contributed by atoms with Crippen molar-refractivity contribution in [3.8, 4) is 0 Å². The molecule has 1 heterocycles. The molecule has 0 N–H and O–H groups in total. The topological polar surface area (TPSA) is 29.5 Å². The molecule has 2 rings (SSSR count). The molecule has 3 heteroatoms. The fourth-order valence-electron chi connectivity index (χ4n) is 1.37. The van der Waals surface area contributed by atoms with Crippen molar-refractivity contribution in [2.75, 3.05) is 6.54 Å². The number of hydrogen-bond donors (Lipinski definition) is 0. The van der Waals surface area contributed by atoms with Gasteiger partial charge in [-0.1, -0.05) is 30.3 Å². The Bertz CT molecular complexity index is 346. The van der Waals surface area contributed by atoms with Crippen LogP contribution in [0.5, 0.6) is 0 Å². The van der Waals surface area contributed by atoms with Gasteiger partial charge in [0.25, 0.3) is 0 Å². The van der Waals surface area contributed by atoms with Crippen LogP contribution in [0.2, 0.25) is 0 Å². The summed E-state index contributed by atoms with van der Waals surface area (Å²) in [6.45, 7) is 1.07. The van der Waals surface area contributed by atoms with Crippen molar-refractivity contribution in [3.63, 3.8) is 0 Å².